The lowest BCUT2D eigenvalue weighted by molar-refractivity contribution is 0.917. The summed E-state index contributed by atoms with van der Waals surface area (Å²) >= 11 is 7.08. The quantitative estimate of drug-likeness (QED) is 0.812. The van der Waals surface area contributed by atoms with E-state index in [0.29, 0.717) is 6.54 Å². The molecule has 106 valence electrons. The fraction of sp³-hybridized carbons (Fsp3) is 0.250. The molecule has 0 aliphatic rings. The lowest BCUT2D eigenvalue weighted by Crippen LogP contribution is -2.16. The molecule has 0 radical (unpaired) electrons. The molecule has 2 aromatic carbocycles. The van der Waals surface area contributed by atoms with Crippen LogP contribution in [0.25, 0.3) is 0 Å². The highest BCUT2D eigenvalue weighted by Gasteiger charge is 2.06. The Morgan fingerprint density at radius 1 is 1.05 bits per heavy atom. The van der Waals surface area contributed by atoms with Crippen LogP contribution in [0, 0.1) is 0 Å². The summed E-state index contributed by atoms with van der Waals surface area (Å²) < 4.78 is 2.24. The van der Waals surface area contributed by atoms with E-state index in [1.165, 1.54) is 16.8 Å². The Hall–Kier alpha value is -0.840. The second kappa shape index (κ2) is 7.25. The summed E-state index contributed by atoms with van der Waals surface area (Å²) in [4.78, 5) is 2.24. The van der Waals surface area contributed by atoms with Gasteiger partial charge in [-0.1, -0.05) is 50.1 Å². The van der Waals surface area contributed by atoms with Crippen LogP contribution in [0.4, 0.5) is 5.69 Å². The minimum absolute atomic E-state index is 0.673. The first-order valence-electron chi connectivity index (χ1n) is 6.54. The molecule has 0 aromatic heterocycles. The molecule has 0 saturated heterocycles. The predicted octanol–water partition coefficient (Wildman–Crippen LogP) is 4.35. The Kier molecular flexibility index (Phi) is 5.64. The normalized spacial score (nSPS) is 10.6. The maximum atomic E-state index is 5.61. The molecule has 0 unspecified atom stereocenters. The van der Waals surface area contributed by atoms with Gasteiger partial charge in [-0.2, -0.15) is 0 Å². The van der Waals surface area contributed by atoms with E-state index in [2.05, 4.69) is 86.3 Å². The van der Waals surface area contributed by atoms with Crippen LogP contribution in [0.3, 0.4) is 0 Å². The molecule has 2 aromatic rings. The molecule has 2 rings (SSSR count). The summed E-state index contributed by atoms with van der Waals surface area (Å²) in [5.41, 5.74) is 9.35. The van der Waals surface area contributed by atoms with Crippen molar-refractivity contribution in [3.8, 4) is 0 Å². The van der Waals surface area contributed by atoms with Crippen LogP contribution in [0.1, 0.15) is 11.1 Å². The zero-order valence-corrected chi connectivity index (χ0v) is 14.6. The maximum Gasteiger partial charge on any atom is 0.0426 e. The zero-order chi connectivity index (χ0) is 14.5. The third-order valence-electron chi connectivity index (χ3n) is 3.22. The number of hydrogen-bond acceptors (Lipinski definition) is 2. The summed E-state index contributed by atoms with van der Waals surface area (Å²) in [6.45, 7) is 1.56. The van der Waals surface area contributed by atoms with Gasteiger partial charge in [-0.05, 0) is 48.4 Å². The molecular formula is C16H18Br2N2. The van der Waals surface area contributed by atoms with Gasteiger partial charge in [-0.25, -0.2) is 0 Å². The highest BCUT2D eigenvalue weighted by Crippen LogP contribution is 2.25. The Balaban J connectivity index is 2.10. The number of nitrogens with two attached hydrogens (primary N) is 1. The molecule has 0 heterocycles. The summed E-state index contributed by atoms with van der Waals surface area (Å²) in [7, 11) is 2.10. The first-order valence-corrected chi connectivity index (χ1v) is 8.13. The van der Waals surface area contributed by atoms with Crippen molar-refractivity contribution in [3.05, 3.63) is 62.5 Å². The fourth-order valence-corrected chi connectivity index (χ4v) is 2.92. The summed E-state index contributed by atoms with van der Waals surface area (Å²) in [5, 5.41) is 0. The Bertz CT molecular complexity index is 567. The molecule has 20 heavy (non-hydrogen) atoms. The van der Waals surface area contributed by atoms with Gasteiger partial charge in [0.15, 0.2) is 0 Å². The van der Waals surface area contributed by atoms with Crippen LogP contribution in [0.5, 0.6) is 0 Å². The van der Waals surface area contributed by atoms with Crippen molar-refractivity contribution in [2.45, 2.75) is 13.0 Å². The van der Waals surface area contributed by atoms with Gasteiger partial charge in [-0.15, -0.1) is 0 Å². The highest BCUT2D eigenvalue weighted by atomic mass is 79.9. The van der Waals surface area contributed by atoms with Gasteiger partial charge in [-0.3, -0.25) is 0 Å². The molecule has 0 spiro atoms. The zero-order valence-electron chi connectivity index (χ0n) is 11.4. The van der Waals surface area contributed by atoms with Crippen LogP contribution in [-0.4, -0.2) is 13.6 Å². The standard InChI is InChI=1S/C16H18Br2N2/c1-20(11-12-2-5-14(17)6-3-12)15-7-4-13(8-9-19)16(18)10-15/h2-7,10H,8-9,11,19H2,1H3. The molecule has 0 aliphatic heterocycles. The van der Waals surface area contributed by atoms with Crippen LogP contribution in [0.2, 0.25) is 0 Å². The monoisotopic (exact) mass is 396 g/mol. The van der Waals surface area contributed by atoms with E-state index in [9.17, 15) is 0 Å². The van der Waals surface area contributed by atoms with Gasteiger partial charge in [0.25, 0.3) is 0 Å². The fourth-order valence-electron chi connectivity index (χ4n) is 2.09. The lowest BCUT2D eigenvalue weighted by atomic mass is 10.1. The second-order valence-electron chi connectivity index (χ2n) is 4.80. The average molecular weight is 398 g/mol. The first-order chi connectivity index (χ1) is 9.60. The molecule has 2 nitrogen and oxygen atoms in total. The number of hydrogen-bond donors (Lipinski definition) is 1. The Labute approximate surface area is 137 Å². The minimum Gasteiger partial charge on any atom is -0.370 e. The largest absolute Gasteiger partial charge is 0.370 e. The van der Waals surface area contributed by atoms with E-state index in [1.807, 2.05) is 0 Å². The van der Waals surface area contributed by atoms with Gasteiger partial charge in [0.2, 0.25) is 0 Å². The number of nitrogens with zero attached hydrogens (tertiary/aromatic N) is 1. The molecule has 0 fully saturated rings. The third kappa shape index (κ3) is 4.08. The third-order valence-corrected chi connectivity index (χ3v) is 4.49. The maximum absolute atomic E-state index is 5.61. The summed E-state index contributed by atoms with van der Waals surface area (Å²) in [6.07, 6.45) is 0.900. The first kappa shape index (κ1) is 15.5. The van der Waals surface area contributed by atoms with Crippen molar-refractivity contribution < 1.29 is 0 Å². The van der Waals surface area contributed by atoms with Crippen molar-refractivity contribution in [1.29, 1.82) is 0 Å². The summed E-state index contributed by atoms with van der Waals surface area (Å²) in [6, 6.07) is 14.9. The number of halogens is 2. The van der Waals surface area contributed by atoms with Crippen molar-refractivity contribution in [2.75, 3.05) is 18.5 Å². The molecule has 0 bridgehead atoms. The number of rotatable bonds is 5. The van der Waals surface area contributed by atoms with Crippen LogP contribution in [0.15, 0.2) is 51.4 Å². The van der Waals surface area contributed by atoms with E-state index in [-0.39, 0.29) is 0 Å². The van der Waals surface area contributed by atoms with Crippen molar-refractivity contribution in [1.82, 2.24) is 0 Å². The van der Waals surface area contributed by atoms with Gasteiger partial charge >= 0.3 is 0 Å². The molecule has 4 heteroatoms. The second-order valence-corrected chi connectivity index (χ2v) is 6.57. The molecule has 0 amide bonds. The Morgan fingerprint density at radius 3 is 2.35 bits per heavy atom. The lowest BCUT2D eigenvalue weighted by Gasteiger charge is -2.20. The molecule has 0 atom stereocenters. The van der Waals surface area contributed by atoms with E-state index in [1.54, 1.807) is 0 Å². The van der Waals surface area contributed by atoms with Gasteiger partial charge < -0.3 is 10.6 Å². The number of benzene rings is 2. The number of anilines is 1. The van der Waals surface area contributed by atoms with Crippen molar-refractivity contribution in [3.63, 3.8) is 0 Å². The van der Waals surface area contributed by atoms with Crippen molar-refractivity contribution >= 4 is 37.5 Å². The van der Waals surface area contributed by atoms with E-state index >= 15 is 0 Å². The van der Waals surface area contributed by atoms with Gasteiger partial charge in [0.1, 0.15) is 0 Å². The predicted molar refractivity (Wildman–Crippen MR) is 93.1 cm³/mol. The van der Waals surface area contributed by atoms with Crippen LogP contribution >= 0.6 is 31.9 Å². The SMILES string of the molecule is CN(Cc1ccc(Br)cc1)c1ccc(CCN)c(Br)c1. The van der Waals surface area contributed by atoms with Crippen molar-refractivity contribution in [2.24, 2.45) is 5.73 Å². The van der Waals surface area contributed by atoms with E-state index in [4.69, 9.17) is 5.73 Å². The highest BCUT2D eigenvalue weighted by molar-refractivity contribution is 9.10. The van der Waals surface area contributed by atoms with E-state index in [0.717, 1.165) is 21.9 Å². The Morgan fingerprint density at radius 2 is 1.75 bits per heavy atom. The van der Waals surface area contributed by atoms with Gasteiger partial charge in [0, 0.05) is 28.2 Å². The topological polar surface area (TPSA) is 29.3 Å². The molecule has 0 saturated carbocycles. The smallest absolute Gasteiger partial charge is 0.0426 e. The van der Waals surface area contributed by atoms with Gasteiger partial charge in [0.05, 0.1) is 0 Å². The van der Waals surface area contributed by atoms with E-state index < -0.39 is 0 Å². The van der Waals surface area contributed by atoms with Crippen LogP contribution < -0.4 is 10.6 Å². The summed E-state index contributed by atoms with van der Waals surface area (Å²) in [5.74, 6) is 0. The average Bonchev–Trinajstić information content (AvgIpc) is 2.44. The minimum atomic E-state index is 0.673. The molecular weight excluding hydrogens is 380 g/mol. The molecule has 0 aliphatic carbocycles. The van der Waals surface area contributed by atoms with Crippen LogP contribution in [-0.2, 0) is 13.0 Å². The molecule has 2 N–H and O–H groups in total.